The molecule has 0 aromatic carbocycles. The second-order valence-corrected chi connectivity index (χ2v) is 3.86. The van der Waals surface area contributed by atoms with Gasteiger partial charge in [0.25, 0.3) is 5.56 Å². The molecule has 2 unspecified atom stereocenters. The lowest BCUT2D eigenvalue weighted by Gasteiger charge is -2.22. The minimum Gasteiger partial charge on any atom is -0.400 e. The van der Waals surface area contributed by atoms with Gasteiger partial charge in [-0.05, 0) is 12.8 Å². The number of nitrogens with zero attached hydrogens (tertiary/aromatic N) is 1. The maximum Gasteiger partial charge on any atom is 0.330 e. The van der Waals surface area contributed by atoms with Gasteiger partial charge in [0.2, 0.25) is 0 Å². The van der Waals surface area contributed by atoms with Gasteiger partial charge in [-0.1, -0.05) is 0 Å². The summed E-state index contributed by atoms with van der Waals surface area (Å²) in [6.45, 7) is 0. The molecular formula is C10H16N2O7. The van der Waals surface area contributed by atoms with Gasteiger partial charge in [-0.3, -0.25) is 14.3 Å². The molecule has 108 valence electrons. The Morgan fingerprint density at radius 2 is 1.95 bits per heavy atom. The summed E-state index contributed by atoms with van der Waals surface area (Å²) in [4.78, 5) is 24.3. The third-order valence-corrected chi connectivity index (χ3v) is 2.59. The van der Waals surface area contributed by atoms with Gasteiger partial charge in [-0.2, -0.15) is 0 Å². The highest BCUT2D eigenvalue weighted by Gasteiger charge is 2.40. The fraction of sp³-hybridized carbons (Fsp3) is 0.600. The van der Waals surface area contributed by atoms with Gasteiger partial charge in [0.15, 0.2) is 0 Å². The highest BCUT2D eigenvalue weighted by atomic mass is 16.7. The number of ether oxygens (including phenoxy) is 1. The Morgan fingerprint density at radius 1 is 1.32 bits per heavy atom. The molecule has 0 aliphatic carbocycles. The quantitative estimate of drug-likeness (QED) is 0.374. The smallest absolute Gasteiger partial charge is 0.330 e. The van der Waals surface area contributed by atoms with Gasteiger partial charge in [-0.15, -0.1) is 0 Å². The average molecular weight is 276 g/mol. The number of aromatic amines is 1. The number of H-pyrrole nitrogens is 1. The molecule has 1 fully saturated rings. The van der Waals surface area contributed by atoms with Gasteiger partial charge in [0.1, 0.15) is 12.3 Å². The van der Waals surface area contributed by atoms with E-state index in [9.17, 15) is 9.59 Å². The Labute approximate surface area is 107 Å². The molecule has 0 spiro atoms. The minimum atomic E-state index is -2.93. The first-order chi connectivity index (χ1) is 8.88. The molecule has 2 rings (SSSR count). The maximum absolute atomic E-state index is 11.4. The molecule has 1 aromatic rings. The van der Waals surface area contributed by atoms with E-state index in [1.165, 1.54) is 6.20 Å². The molecule has 2 heterocycles. The molecule has 1 saturated heterocycles. The summed E-state index contributed by atoms with van der Waals surface area (Å²) in [5.74, 6) is -2.93. The van der Waals surface area contributed by atoms with E-state index >= 15 is 0 Å². The Bertz CT molecular complexity index is 516. The molecule has 0 amide bonds. The second-order valence-electron chi connectivity index (χ2n) is 3.86. The van der Waals surface area contributed by atoms with E-state index in [1.807, 2.05) is 0 Å². The lowest BCUT2D eigenvalue weighted by Crippen LogP contribution is -2.42. The van der Waals surface area contributed by atoms with Crippen molar-refractivity contribution in [3.05, 3.63) is 33.1 Å². The first kappa shape index (κ1) is 15.5. The molecule has 19 heavy (non-hydrogen) atoms. The summed E-state index contributed by atoms with van der Waals surface area (Å²) in [6.07, 6.45) is -0.177. The number of aromatic nitrogens is 2. The summed E-state index contributed by atoms with van der Waals surface area (Å²) in [6, 6.07) is 1.15. The maximum atomic E-state index is 11.4. The van der Waals surface area contributed by atoms with Crippen molar-refractivity contribution >= 4 is 0 Å². The Balaban J connectivity index is 0.000000861. The SMILES string of the molecule is CO.O=c1ccn(C2CCC(C(O)(O)O)O2)c(=O)[nH]1. The molecule has 0 saturated carbocycles. The van der Waals surface area contributed by atoms with Crippen molar-refractivity contribution in [3.8, 4) is 0 Å². The van der Waals surface area contributed by atoms with Crippen LogP contribution in [-0.4, -0.2) is 49.2 Å². The third-order valence-electron chi connectivity index (χ3n) is 2.59. The van der Waals surface area contributed by atoms with Gasteiger partial charge >= 0.3 is 11.7 Å². The van der Waals surface area contributed by atoms with Crippen molar-refractivity contribution in [1.82, 2.24) is 9.55 Å². The van der Waals surface area contributed by atoms with Gasteiger partial charge in [-0.25, -0.2) is 4.79 Å². The molecule has 9 nitrogen and oxygen atoms in total. The van der Waals surface area contributed by atoms with E-state index in [2.05, 4.69) is 4.98 Å². The van der Waals surface area contributed by atoms with E-state index in [1.54, 1.807) is 0 Å². The number of aliphatic hydroxyl groups excluding tert-OH is 1. The van der Waals surface area contributed by atoms with Crippen LogP contribution >= 0.6 is 0 Å². The van der Waals surface area contributed by atoms with Crippen LogP contribution in [-0.2, 0) is 4.74 Å². The molecule has 9 heteroatoms. The van der Waals surface area contributed by atoms with Crippen LogP contribution in [0.4, 0.5) is 0 Å². The van der Waals surface area contributed by atoms with Gasteiger partial charge < -0.3 is 25.2 Å². The van der Waals surface area contributed by atoms with E-state index in [-0.39, 0.29) is 6.42 Å². The van der Waals surface area contributed by atoms with E-state index in [0.29, 0.717) is 6.42 Å². The van der Waals surface area contributed by atoms with Crippen LogP contribution in [0.5, 0.6) is 0 Å². The first-order valence-corrected chi connectivity index (χ1v) is 5.46. The Hall–Kier alpha value is -1.52. The summed E-state index contributed by atoms with van der Waals surface area (Å²) in [5, 5.41) is 33.8. The molecule has 1 aliphatic heterocycles. The largest absolute Gasteiger partial charge is 0.400 e. The molecule has 1 aromatic heterocycles. The van der Waals surface area contributed by atoms with Crippen LogP contribution < -0.4 is 11.2 Å². The first-order valence-electron chi connectivity index (χ1n) is 5.46. The van der Waals surface area contributed by atoms with E-state index in [4.69, 9.17) is 25.2 Å². The van der Waals surface area contributed by atoms with Crippen molar-refractivity contribution in [2.45, 2.75) is 31.1 Å². The number of rotatable bonds is 2. The van der Waals surface area contributed by atoms with Crippen molar-refractivity contribution < 1.29 is 25.2 Å². The molecule has 2 atom stereocenters. The van der Waals surface area contributed by atoms with Crippen molar-refractivity contribution in [1.29, 1.82) is 0 Å². The monoisotopic (exact) mass is 276 g/mol. The summed E-state index contributed by atoms with van der Waals surface area (Å²) in [5.41, 5.74) is -1.18. The summed E-state index contributed by atoms with van der Waals surface area (Å²) < 4.78 is 6.24. The average Bonchev–Trinajstić information content (AvgIpc) is 2.80. The Morgan fingerprint density at radius 3 is 2.42 bits per heavy atom. The lowest BCUT2D eigenvalue weighted by molar-refractivity contribution is -0.360. The van der Waals surface area contributed by atoms with Gasteiger partial charge in [0, 0.05) is 19.4 Å². The zero-order valence-electron chi connectivity index (χ0n) is 10.2. The van der Waals surface area contributed by atoms with Crippen LogP contribution in [0, 0.1) is 0 Å². The van der Waals surface area contributed by atoms with E-state index < -0.39 is 29.6 Å². The van der Waals surface area contributed by atoms with Crippen molar-refractivity contribution in [3.63, 3.8) is 0 Å². The third kappa shape index (κ3) is 3.72. The summed E-state index contributed by atoms with van der Waals surface area (Å²) in [7, 11) is 1.00. The van der Waals surface area contributed by atoms with Crippen LogP contribution in [0.2, 0.25) is 0 Å². The zero-order valence-corrected chi connectivity index (χ0v) is 10.2. The molecule has 0 bridgehead atoms. The second kappa shape index (κ2) is 6.08. The normalized spacial score (nSPS) is 22.8. The number of nitrogens with one attached hydrogen (secondary N) is 1. The lowest BCUT2D eigenvalue weighted by atomic mass is 10.2. The molecule has 5 N–H and O–H groups in total. The number of hydrogen-bond acceptors (Lipinski definition) is 7. The summed E-state index contributed by atoms with van der Waals surface area (Å²) >= 11 is 0. The topological polar surface area (TPSA) is 145 Å². The number of aliphatic hydroxyl groups is 4. The highest BCUT2D eigenvalue weighted by molar-refractivity contribution is 4.86. The zero-order chi connectivity index (χ0) is 14.6. The fourth-order valence-corrected chi connectivity index (χ4v) is 1.76. The van der Waals surface area contributed by atoms with Crippen molar-refractivity contribution in [2.75, 3.05) is 7.11 Å². The molecule has 1 aliphatic rings. The van der Waals surface area contributed by atoms with Crippen LogP contribution in [0.1, 0.15) is 19.1 Å². The molecule has 0 radical (unpaired) electrons. The number of hydrogen-bond donors (Lipinski definition) is 5. The van der Waals surface area contributed by atoms with E-state index in [0.717, 1.165) is 17.7 Å². The fourth-order valence-electron chi connectivity index (χ4n) is 1.76. The minimum absolute atomic E-state index is 0.180. The van der Waals surface area contributed by atoms with Crippen LogP contribution in [0.15, 0.2) is 21.9 Å². The Kier molecular flexibility index (Phi) is 4.97. The van der Waals surface area contributed by atoms with Crippen molar-refractivity contribution in [2.24, 2.45) is 0 Å². The van der Waals surface area contributed by atoms with Crippen LogP contribution in [0.3, 0.4) is 0 Å². The standard InChI is InChI=1S/C9H12N2O6.CH4O/c12-6-3-4-11(8(13)10-6)7-2-1-5(17-7)9(14,15)16;1-2/h3-5,7,14-16H,1-2H2,(H,10,12,13);2H,1H3. The predicted molar refractivity (Wildman–Crippen MR) is 62.0 cm³/mol. The van der Waals surface area contributed by atoms with Crippen LogP contribution in [0.25, 0.3) is 0 Å². The predicted octanol–water partition coefficient (Wildman–Crippen LogP) is -2.55. The highest BCUT2D eigenvalue weighted by Crippen LogP contribution is 2.30. The molecular weight excluding hydrogens is 260 g/mol. The van der Waals surface area contributed by atoms with Gasteiger partial charge in [0.05, 0.1) is 0 Å².